The molecule has 3 atom stereocenters. The minimum absolute atomic E-state index is 0.0223. The molecule has 3 heteroatoms. The highest BCUT2D eigenvalue weighted by atomic mass is 28.3. The van der Waals surface area contributed by atoms with Crippen molar-refractivity contribution in [1.82, 2.24) is 0 Å². The number of hydrogen-bond donors (Lipinski definition) is 1. The summed E-state index contributed by atoms with van der Waals surface area (Å²) in [5.74, 6) is 0. The average molecular weight is 236 g/mol. The van der Waals surface area contributed by atoms with Crippen molar-refractivity contribution in [2.24, 2.45) is 0 Å². The molecule has 2 rings (SSSR count). The summed E-state index contributed by atoms with van der Waals surface area (Å²) in [7, 11) is -1.08. The van der Waals surface area contributed by atoms with Crippen molar-refractivity contribution in [2.75, 3.05) is 0 Å². The van der Waals surface area contributed by atoms with Crippen LogP contribution in [0.2, 0.25) is 25.7 Å². The SMILES string of the molecule is C[Si](C)(C)C[C@@H]1O[C@@H]1[C@@H](O)c1ccccc1. The van der Waals surface area contributed by atoms with Crippen molar-refractivity contribution >= 4 is 8.07 Å². The lowest BCUT2D eigenvalue weighted by Gasteiger charge is -2.14. The van der Waals surface area contributed by atoms with Crippen LogP contribution in [0.1, 0.15) is 11.7 Å². The average Bonchev–Trinajstić information content (AvgIpc) is 2.95. The monoisotopic (exact) mass is 236 g/mol. The summed E-state index contributed by atoms with van der Waals surface area (Å²) in [5.41, 5.74) is 0.963. The molecule has 1 saturated heterocycles. The highest BCUT2D eigenvalue weighted by Gasteiger charge is 2.46. The molecule has 1 aliphatic rings. The lowest BCUT2D eigenvalue weighted by atomic mass is 10.1. The topological polar surface area (TPSA) is 32.8 Å². The van der Waals surface area contributed by atoms with Crippen LogP contribution in [-0.2, 0) is 4.74 Å². The predicted molar refractivity (Wildman–Crippen MR) is 68.2 cm³/mol. The van der Waals surface area contributed by atoms with Gasteiger partial charge in [-0.15, -0.1) is 0 Å². The summed E-state index contributed by atoms with van der Waals surface area (Å²) in [5, 5.41) is 10.1. The first-order valence-corrected chi connectivity index (χ1v) is 9.56. The largest absolute Gasteiger partial charge is 0.386 e. The Morgan fingerprint density at radius 2 is 1.88 bits per heavy atom. The molecule has 88 valence electrons. The number of aliphatic hydroxyl groups excluding tert-OH is 1. The smallest absolute Gasteiger partial charge is 0.114 e. The Morgan fingerprint density at radius 3 is 2.44 bits per heavy atom. The Bertz CT molecular complexity index is 345. The highest BCUT2D eigenvalue weighted by Crippen LogP contribution is 2.38. The number of epoxide rings is 1. The second-order valence-corrected chi connectivity index (χ2v) is 11.3. The number of rotatable bonds is 4. The molecule has 1 heterocycles. The van der Waals surface area contributed by atoms with E-state index in [0.717, 1.165) is 11.6 Å². The zero-order valence-electron chi connectivity index (χ0n) is 10.2. The van der Waals surface area contributed by atoms with Gasteiger partial charge in [-0.05, 0) is 11.6 Å². The second-order valence-electron chi connectivity index (χ2n) is 5.76. The maximum absolute atomic E-state index is 10.1. The Kier molecular flexibility index (Phi) is 3.19. The molecular formula is C13H20O2Si. The Hall–Kier alpha value is -0.643. The van der Waals surface area contributed by atoms with E-state index >= 15 is 0 Å². The van der Waals surface area contributed by atoms with E-state index in [1.54, 1.807) is 0 Å². The molecule has 1 aromatic rings. The van der Waals surface area contributed by atoms with E-state index < -0.39 is 14.2 Å². The standard InChI is InChI=1S/C13H20O2Si/c1-16(2,3)9-11-13(15-11)12(14)10-7-5-4-6-8-10/h4-8,11-14H,9H2,1-3H3/t11-,12-,13-/m0/s1. The van der Waals surface area contributed by atoms with Crippen LogP contribution in [-0.4, -0.2) is 25.4 Å². The minimum atomic E-state index is -1.08. The van der Waals surface area contributed by atoms with Crippen molar-refractivity contribution in [3.05, 3.63) is 35.9 Å². The molecule has 1 aromatic carbocycles. The van der Waals surface area contributed by atoms with Crippen LogP contribution in [0, 0.1) is 0 Å². The molecule has 0 saturated carbocycles. The third-order valence-electron chi connectivity index (χ3n) is 2.89. The second kappa shape index (κ2) is 4.32. The Labute approximate surface area is 98.3 Å². The molecular weight excluding hydrogens is 216 g/mol. The fourth-order valence-corrected chi connectivity index (χ4v) is 3.58. The van der Waals surface area contributed by atoms with Crippen molar-refractivity contribution in [3.63, 3.8) is 0 Å². The van der Waals surface area contributed by atoms with Crippen molar-refractivity contribution in [1.29, 1.82) is 0 Å². The molecule has 0 amide bonds. The summed E-state index contributed by atoms with van der Waals surface area (Å²) in [6, 6.07) is 10.9. The zero-order chi connectivity index (χ0) is 11.8. The number of aliphatic hydroxyl groups is 1. The predicted octanol–water partition coefficient (Wildman–Crippen LogP) is 2.83. The maximum Gasteiger partial charge on any atom is 0.114 e. The van der Waals surface area contributed by atoms with Gasteiger partial charge in [-0.1, -0.05) is 50.0 Å². The van der Waals surface area contributed by atoms with Gasteiger partial charge in [0.25, 0.3) is 0 Å². The van der Waals surface area contributed by atoms with Crippen molar-refractivity contribution in [2.45, 2.75) is 44.0 Å². The van der Waals surface area contributed by atoms with Gasteiger partial charge in [-0.2, -0.15) is 0 Å². The fraction of sp³-hybridized carbons (Fsp3) is 0.538. The molecule has 2 nitrogen and oxygen atoms in total. The van der Waals surface area contributed by atoms with E-state index in [1.807, 2.05) is 30.3 Å². The van der Waals surface area contributed by atoms with Crippen molar-refractivity contribution in [3.8, 4) is 0 Å². The third kappa shape index (κ3) is 2.94. The van der Waals surface area contributed by atoms with Crippen molar-refractivity contribution < 1.29 is 9.84 Å². The van der Waals surface area contributed by atoms with Crippen LogP contribution in [0.5, 0.6) is 0 Å². The Morgan fingerprint density at radius 1 is 1.25 bits per heavy atom. The summed E-state index contributed by atoms with van der Waals surface area (Å²) < 4.78 is 5.59. The molecule has 0 bridgehead atoms. The molecule has 0 aromatic heterocycles. The lowest BCUT2D eigenvalue weighted by Crippen LogP contribution is -2.23. The van der Waals surface area contributed by atoms with Gasteiger partial charge in [0.2, 0.25) is 0 Å². The van der Waals surface area contributed by atoms with Crippen LogP contribution >= 0.6 is 0 Å². The van der Waals surface area contributed by atoms with Gasteiger partial charge in [-0.25, -0.2) is 0 Å². The number of benzene rings is 1. The zero-order valence-corrected chi connectivity index (χ0v) is 11.2. The van der Waals surface area contributed by atoms with Crippen LogP contribution in [0.15, 0.2) is 30.3 Å². The normalized spacial score (nSPS) is 26.5. The molecule has 16 heavy (non-hydrogen) atoms. The summed E-state index contributed by atoms with van der Waals surface area (Å²) in [6.07, 6.45) is -0.154. The van der Waals surface area contributed by atoms with E-state index in [4.69, 9.17) is 4.74 Å². The van der Waals surface area contributed by atoms with Gasteiger partial charge in [0.1, 0.15) is 12.2 Å². The number of ether oxygens (including phenoxy) is 1. The minimum Gasteiger partial charge on any atom is -0.386 e. The van der Waals surface area contributed by atoms with E-state index in [1.165, 1.54) is 0 Å². The van der Waals surface area contributed by atoms with E-state index in [2.05, 4.69) is 19.6 Å². The molecule has 0 spiro atoms. The first kappa shape index (κ1) is 11.8. The first-order chi connectivity index (χ1) is 7.47. The van der Waals surface area contributed by atoms with Gasteiger partial charge >= 0.3 is 0 Å². The number of hydrogen-bond acceptors (Lipinski definition) is 2. The van der Waals surface area contributed by atoms with Crippen LogP contribution in [0.4, 0.5) is 0 Å². The highest BCUT2D eigenvalue weighted by molar-refractivity contribution is 6.76. The lowest BCUT2D eigenvalue weighted by molar-refractivity contribution is 0.137. The Balaban J connectivity index is 1.92. The summed E-state index contributed by atoms with van der Waals surface area (Å²) >= 11 is 0. The third-order valence-corrected chi connectivity index (χ3v) is 4.51. The molecule has 1 fully saturated rings. The van der Waals surface area contributed by atoms with Crippen LogP contribution in [0.25, 0.3) is 0 Å². The first-order valence-electron chi connectivity index (χ1n) is 5.86. The maximum atomic E-state index is 10.1. The van der Waals surface area contributed by atoms with E-state index in [9.17, 15) is 5.11 Å². The quantitative estimate of drug-likeness (QED) is 0.644. The molecule has 1 aliphatic heterocycles. The van der Waals surface area contributed by atoms with Gasteiger partial charge in [0.05, 0.1) is 6.10 Å². The van der Waals surface area contributed by atoms with Gasteiger partial charge in [0.15, 0.2) is 0 Å². The molecule has 1 N–H and O–H groups in total. The van der Waals surface area contributed by atoms with E-state index in [0.29, 0.717) is 0 Å². The molecule has 0 radical (unpaired) electrons. The van der Waals surface area contributed by atoms with Gasteiger partial charge < -0.3 is 9.84 Å². The van der Waals surface area contributed by atoms with E-state index in [-0.39, 0.29) is 12.2 Å². The van der Waals surface area contributed by atoms with Gasteiger partial charge in [0, 0.05) is 8.07 Å². The van der Waals surface area contributed by atoms with Crippen LogP contribution < -0.4 is 0 Å². The molecule has 0 unspecified atom stereocenters. The van der Waals surface area contributed by atoms with Crippen LogP contribution in [0.3, 0.4) is 0 Å². The summed E-state index contributed by atoms with van der Waals surface area (Å²) in [6.45, 7) is 7.00. The summed E-state index contributed by atoms with van der Waals surface area (Å²) in [4.78, 5) is 0. The molecule has 0 aliphatic carbocycles. The fourth-order valence-electron chi connectivity index (χ4n) is 2.04. The van der Waals surface area contributed by atoms with Gasteiger partial charge in [-0.3, -0.25) is 0 Å².